The number of carbonyl (C=O) groups excluding carboxylic acids is 1. The van der Waals surface area contributed by atoms with Gasteiger partial charge in [-0.2, -0.15) is 0 Å². The summed E-state index contributed by atoms with van der Waals surface area (Å²) in [6, 6.07) is 18.9. The van der Waals surface area contributed by atoms with E-state index >= 15 is 0 Å². The number of nitrogens with one attached hydrogen (secondary N) is 1. The summed E-state index contributed by atoms with van der Waals surface area (Å²) < 4.78 is 11.8. The van der Waals surface area contributed by atoms with E-state index in [1.807, 2.05) is 42.5 Å². The molecule has 3 aromatic rings. The van der Waals surface area contributed by atoms with Crippen LogP contribution < -0.4 is 14.8 Å². The Hall–Kier alpha value is -3.19. The van der Waals surface area contributed by atoms with Gasteiger partial charge >= 0.3 is 0 Å². The summed E-state index contributed by atoms with van der Waals surface area (Å²) in [5, 5.41) is 3.92. The van der Waals surface area contributed by atoms with E-state index in [1.165, 1.54) is 11.8 Å². The highest BCUT2D eigenvalue weighted by Gasteiger charge is 2.25. The molecule has 178 valence electrons. The van der Waals surface area contributed by atoms with Gasteiger partial charge in [0.25, 0.3) is 5.91 Å². The van der Waals surface area contributed by atoms with Gasteiger partial charge in [0.15, 0.2) is 16.7 Å². The zero-order chi connectivity index (χ0) is 24.8. The Bertz CT molecular complexity index is 1320. The molecule has 1 amide bonds. The molecule has 0 spiro atoms. The number of thioether (sulfide) groups is 1. The third-order valence-electron chi connectivity index (χ3n) is 5.07. The minimum atomic E-state index is -0.249. The third kappa shape index (κ3) is 6.09. The lowest BCUT2D eigenvalue weighted by molar-refractivity contribution is -0.115. The van der Waals surface area contributed by atoms with Crippen molar-refractivity contribution in [1.29, 1.82) is 0 Å². The molecule has 1 saturated heterocycles. The van der Waals surface area contributed by atoms with Crippen LogP contribution in [0.5, 0.6) is 11.5 Å². The van der Waals surface area contributed by atoms with Crippen LogP contribution in [0.3, 0.4) is 0 Å². The first-order valence-corrected chi connectivity index (χ1v) is 12.3. The van der Waals surface area contributed by atoms with E-state index in [9.17, 15) is 4.79 Å². The van der Waals surface area contributed by atoms with E-state index < -0.39 is 0 Å². The summed E-state index contributed by atoms with van der Waals surface area (Å²) in [6.07, 6.45) is 4.17. The van der Waals surface area contributed by atoms with E-state index in [0.717, 1.165) is 16.7 Å². The Morgan fingerprint density at radius 3 is 2.66 bits per heavy atom. The van der Waals surface area contributed by atoms with Crippen LogP contribution in [0, 0.1) is 0 Å². The second kappa shape index (κ2) is 11.5. The van der Waals surface area contributed by atoms with Crippen molar-refractivity contribution in [1.82, 2.24) is 5.32 Å². The highest BCUT2D eigenvalue weighted by atomic mass is 35.5. The fourth-order valence-corrected chi connectivity index (χ4v) is 4.61. The van der Waals surface area contributed by atoms with Crippen molar-refractivity contribution in [2.45, 2.75) is 13.0 Å². The molecule has 1 aliphatic rings. The molecule has 8 heteroatoms. The Labute approximate surface area is 218 Å². The standard InChI is InChI=1S/C27H22Cl2N2O3S/c1-3-8-19-13-18(14-22(33-2)25(19)34-16-17-9-5-4-6-10-17)15-23-26(32)31-27(35-23)30-21-12-7-11-20(28)24(21)29/h3-7,9-15H,1,8,16H2,2H3,(H,30,31,32)/b23-15-. The second-order valence-electron chi connectivity index (χ2n) is 7.53. The van der Waals surface area contributed by atoms with Gasteiger partial charge in [0, 0.05) is 5.56 Å². The lowest BCUT2D eigenvalue weighted by Gasteiger charge is -2.16. The number of carbonyl (C=O) groups is 1. The van der Waals surface area contributed by atoms with Crippen molar-refractivity contribution in [3.8, 4) is 11.5 Å². The molecule has 4 rings (SSSR count). The van der Waals surface area contributed by atoms with Crippen LogP contribution in [-0.2, 0) is 17.8 Å². The van der Waals surface area contributed by atoms with E-state index in [2.05, 4.69) is 16.9 Å². The maximum Gasteiger partial charge on any atom is 0.264 e. The van der Waals surface area contributed by atoms with Crippen molar-refractivity contribution in [2.24, 2.45) is 4.99 Å². The number of aliphatic imine (C=N–C) groups is 1. The number of halogens is 2. The van der Waals surface area contributed by atoms with Gasteiger partial charge in [0.1, 0.15) is 6.61 Å². The SMILES string of the molecule is C=CCc1cc(/C=C2\SC(=Nc3cccc(Cl)c3Cl)NC2=O)cc(OC)c1OCc1ccccc1. The molecule has 0 aromatic heterocycles. The number of benzene rings is 3. The van der Waals surface area contributed by atoms with Crippen LogP contribution in [0.25, 0.3) is 6.08 Å². The first-order valence-electron chi connectivity index (χ1n) is 10.7. The van der Waals surface area contributed by atoms with Gasteiger partial charge in [0.2, 0.25) is 0 Å². The number of nitrogens with zero attached hydrogens (tertiary/aromatic N) is 1. The molecule has 0 aliphatic carbocycles. The van der Waals surface area contributed by atoms with Crippen LogP contribution in [0.1, 0.15) is 16.7 Å². The molecular weight excluding hydrogens is 503 g/mol. The predicted octanol–water partition coefficient (Wildman–Crippen LogP) is 7.20. The van der Waals surface area contributed by atoms with Crippen molar-refractivity contribution in [2.75, 3.05) is 7.11 Å². The van der Waals surface area contributed by atoms with Gasteiger partial charge in [-0.1, -0.05) is 65.7 Å². The van der Waals surface area contributed by atoms with Crippen molar-refractivity contribution in [3.63, 3.8) is 0 Å². The van der Waals surface area contributed by atoms with E-state index in [0.29, 0.717) is 50.3 Å². The Balaban J connectivity index is 1.61. The molecule has 1 fully saturated rings. The maximum absolute atomic E-state index is 12.6. The van der Waals surface area contributed by atoms with Gasteiger partial charge in [-0.25, -0.2) is 4.99 Å². The number of ether oxygens (including phenoxy) is 2. The normalized spacial score (nSPS) is 15.3. The summed E-state index contributed by atoms with van der Waals surface area (Å²) in [5.74, 6) is 0.982. The third-order valence-corrected chi connectivity index (χ3v) is 6.78. The highest BCUT2D eigenvalue weighted by Crippen LogP contribution is 2.37. The van der Waals surface area contributed by atoms with Crippen molar-refractivity contribution < 1.29 is 14.3 Å². The van der Waals surface area contributed by atoms with Crippen LogP contribution in [-0.4, -0.2) is 18.2 Å². The Morgan fingerprint density at radius 1 is 1.11 bits per heavy atom. The molecule has 0 saturated carbocycles. The van der Waals surface area contributed by atoms with Gasteiger partial charge < -0.3 is 14.8 Å². The smallest absolute Gasteiger partial charge is 0.264 e. The molecule has 1 N–H and O–H groups in total. The van der Waals surface area contributed by atoms with Crippen molar-refractivity contribution >= 4 is 57.8 Å². The molecule has 0 unspecified atom stereocenters. The number of hydrogen-bond donors (Lipinski definition) is 1. The summed E-state index contributed by atoms with van der Waals surface area (Å²) in [5.41, 5.74) is 3.24. The maximum atomic E-state index is 12.6. The van der Waals surface area contributed by atoms with Gasteiger partial charge in [-0.3, -0.25) is 4.79 Å². The second-order valence-corrected chi connectivity index (χ2v) is 9.35. The van der Waals surface area contributed by atoms with Gasteiger partial charge in [-0.15, -0.1) is 6.58 Å². The Kier molecular flexibility index (Phi) is 8.18. The number of amides is 1. The first-order chi connectivity index (χ1) is 17.0. The van der Waals surface area contributed by atoms with Crippen LogP contribution in [0.2, 0.25) is 10.0 Å². The van der Waals surface area contributed by atoms with Crippen LogP contribution in [0.4, 0.5) is 5.69 Å². The molecule has 35 heavy (non-hydrogen) atoms. The highest BCUT2D eigenvalue weighted by molar-refractivity contribution is 8.18. The van der Waals surface area contributed by atoms with E-state index in [4.69, 9.17) is 32.7 Å². The zero-order valence-electron chi connectivity index (χ0n) is 18.9. The zero-order valence-corrected chi connectivity index (χ0v) is 21.2. The number of amidine groups is 1. The summed E-state index contributed by atoms with van der Waals surface area (Å²) >= 11 is 13.5. The molecule has 1 heterocycles. The number of hydrogen-bond acceptors (Lipinski definition) is 5. The molecular formula is C27H22Cl2N2O3S. The number of rotatable bonds is 8. The van der Waals surface area contributed by atoms with Gasteiger partial charge in [-0.05, 0) is 59.7 Å². The average Bonchev–Trinajstić information content (AvgIpc) is 3.20. The summed E-state index contributed by atoms with van der Waals surface area (Å²) in [4.78, 5) is 17.5. The minimum absolute atomic E-state index is 0.249. The average molecular weight is 525 g/mol. The Morgan fingerprint density at radius 2 is 1.91 bits per heavy atom. The molecule has 5 nitrogen and oxygen atoms in total. The fraction of sp³-hybridized carbons (Fsp3) is 0.111. The number of methoxy groups -OCH3 is 1. The monoisotopic (exact) mass is 524 g/mol. The topological polar surface area (TPSA) is 59.9 Å². The quantitative estimate of drug-likeness (QED) is 0.250. The summed E-state index contributed by atoms with van der Waals surface area (Å²) in [6.45, 7) is 4.27. The van der Waals surface area contributed by atoms with E-state index in [-0.39, 0.29) is 5.91 Å². The van der Waals surface area contributed by atoms with Crippen LogP contribution in [0.15, 0.2) is 83.2 Å². The largest absolute Gasteiger partial charge is 0.493 e. The van der Waals surface area contributed by atoms with Gasteiger partial charge in [0.05, 0.1) is 27.7 Å². The molecule has 0 radical (unpaired) electrons. The lowest BCUT2D eigenvalue weighted by Crippen LogP contribution is -2.19. The minimum Gasteiger partial charge on any atom is -0.493 e. The van der Waals surface area contributed by atoms with Crippen LogP contribution >= 0.6 is 35.0 Å². The fourth-order valence-electron chi connectivity index (χ4n) is 3.44. The lowest BCUT2D eigenvalue weighted by atomic mass is 10.0. The number of allylic oxidation sites excluding steroid dienone is 1. The molecule has 0 atom stereocenters. The first kappa shape index (κ1) is 24.9. The van der Waals surface area contributed by atoms with Crippen molar-refractivity contribution in [3.05, 3.63) is 105 Å². The molecule has 0 bridgehead atoms. The molecule has 1 aliphatic heterocycles. The molecule has 3 aromatic carbocycles. The van der Waals surface area contributed by atoms with E-state index in [1.54, 1.807) is 37.5 Å². The predicted molar refractivity (Wildman–Crippen MR) is 145 cm³/mol. The summed E-state index contributed by atoms with van der Waals surface area (Å²) in [7, 11) is 1.59.